The highest BCUT2D eigenvalue weighted by atomic mass is 15.2. The van der Waals surface area contributed by atoms with E-state index in [4.69, 9.17) is 5.26 Å². The van der Waals surface area contributed by atoms with Crippen LogP contribution < -0.4 is 0 Å². The molecule has 0 aliphatic carbocycles. The quantitative estimate of drug-likeness (QED) is 0.616. The summed E-state index contributed by atoms with van der Waals surface area (Å²) in [6.45, 7) is 0. The van der Waals surface area contributed by atoms with Crippen molar-refractivity contribution in [2.24, 2.45) is 0 Å². The number of nitriles is 1. The van der Waals surface area contributed by atoms with E-state index >= 15 is 0 Å². The molecule has 4 nitrogen and oxygen atoms in total. The molecular formula is C8H6N4. The molecule has 0 radical (unpaired) electrons. The summed E-state index contributed by atoms with van der Waals surface area (Å²) in [5.41, 5.74) is 1.64. The van der Waals surface area contributed by atoms with Gasteiger partial charge in [0.1, 0.15) is 0 Å². The maximum absolute atomic E-state index is 8.48. The SMILES string of the molecule is N#CCc1cnn2cccnc12. The van der Waals surface area contributed by atoms with Gasteiger partial charge in [0.15, 0.2) is 5.65 Å². The van der Waals surface area contributed by atoms with Crippen LogP contribution in [0.4, 0.5) is 0 Å². The van der Waals surface area contributed by atoms with Crippen molar-refractivity contribution in [1.29, 1.82) is 5.26 Å². The van der Waals surface area contributed by atoms with E-state index in [9.17, 15) is 0 Å². The fraction of sp³-hybridized carbons (Fsp3) is 0.125. The summed E-state index contributed by atoms with van der Waals surface area (Å²) in [5.74, 6) is 0. The van der Waals surface area contributed by atoms with Gasteiger partial charge in [-0.2, -0.15) is 10.4 Å². The molecule has 0 unspecified atom stereocenters. The Balaban J connectivity index is 2.64. The lowest BCUT2D eigenvalue weighted by Gasteiger charge is -1.90. The molecular weight excluding hydrogens is 152 g/mol. The van der Waals surface area contributed by atoms with Crippen molar-refractivity contribution in [3.63, 3.8) is 0 Å². The third-order valence-electron chi connectivity index (χ3n) is 1.62. The first-order valence-electron chi connectivity index (χ1n) is 3.56. The molecule has 0 amide bonds. The van der Waals surface area contributed by atoms with Crippen molar-refractivity contribution in [2.75, 3.05) is 0 Å². The molecule has 2 aromatic rings. The zero-order valence-electron chi connectivity index (χ0n) is 6.31. The van der Waals surface area contributed by atoms with Gasteiger partial charge in [0, 0.05) is 18.0 Å². The fourth-order valence-electron chi connectivity index (χ4n) is 1.09. The Labute approximate surface area is 69.1 Å². The molecule has 0 fully saturated rings. The maximum Gasteiger partial charge on any atom is 0.159 e. The zero-order valence-corrected chi connectivity index (χ0v) is 6.31. The molecule has 0 N–H and O–H groups in total. The minimum Gasteiger partial charge on any atom is -0.237 e. The van der Waals surface area contributed by atoms with Crippen molar-refractivity contribution >= 4 is 5.65 Å². The van der Waals surface area contributed by atoms with Gasteiger partial charge in [-0.15, -0.1) is 0 Å². The molecule has 12 heavy (non-hydrogen) atoms. The zero-order chi connectivity index (χ0) is 8.39. The lowest BCUT2D eigenvalue weighted by molar-refractivity contribution is 0.939. The number of rotatable bonds is 1. The Morgan fingerprint density at radius 1 is 1.58 bits per heavy atom. The molecule has 0 spiro atoms. The number of hydrogen-bond acceptors (Lipinski definition) is 3. The number of nitrogens with zero attached hydrogens (tertiary/aromatic N) is 4. The molecule has 0 saturated carbocycles. The van der Waals surface area contributed by atoms with Crippen LogP contribution in [-0.2, 0) is 6.42 Å². The van der Waals surface area contributed by atoms with Gasteiger partial charge < -0.3 is 0 Å². The van der Waals surface area contributed by atoms with Crippen molar-refractivity contribution in [3.8, 4) is 6.07 Å². The van der Waals surface area contributed by atoms with Gasteiger partial charge in [0.05, 0.1) is 18.7 Å². The third kappa shape index (κ3) is 0.920. The highest BCUT2D eigenvalue weighted by molar-refractivity contribution is 5.46. The largest absolute Gasteiger partial charge is 0.237 e. The van der Waals surface area contributed by atoms with E-state index in [0.29, 0.717) is 6.42 Å². The highest BCUT2D eigenvalue weighted by Gasteiger charge is 2.02. The van der Waals surface area contributed by atoms with Gasteiger partial charge in [-0.05, 0) is 6.07 Å². The Morgan fingerprint density at radius 2 is 2.50 bits per heavy atom. The van der Waals surface area contributed by atoms with Gasteiger partial charge in [0.25, 0.3) is 0 Å². The van der Waals surface area contributed by atoms with Gasteiger partial charge in [0.2, 0.25) is 0 Å². The minimum absolute atomic E-state index is 0.362. The fourth-order valence-corrected chi connectivity index (χ4v) is 1.09. The van der Waals surface area contributed by atoms with Crippen molar-refractivity contribution in [3.05, 3.63) is 30.2 Å². The number of aromatic nitrogens is 3. The van der Waals surface area contributed by atoms with E-state index in [1.807, 2.05) is 6.20 Å². The minimum atomic E-state index is 0.362. The summed E-state index contributed by atoms with van der Waals surface area (Å²) >= 11 is 0. The summed E-state index contributed by atoms with van der Waals surface area (Å²) in [5, 5.41) is 12.5. The summed E-state index contributed by atoms with van der Waals surface area (Å²) in [7, 11) is 0. The second-order valence-corrected chi connectivity index (χ2v) is 2.39. The molecule has 0 aliphatic heterocycles. The topological polar surface area (TPSA) is 54.0 Å². The lowest BCUT2D eigenvalue weighted by atomic mass is 10.3. The Hall–Kier alpha value is -1.89. The number of fused-ring (bicyclic) bond motifs is 1. The van der Waals surface area contributed by atoms with Crippen LogP contribution in [0.5, 0.6) is 0 Å². The van der Waals surface area contributed by atoms with E-state index < -0.39 is 0 Å². The first-order valence-corrected chi connectivity index (χ1v) is 3.56. The van der Waals surface area contributed by atoms with Crippen LogP contribution in [-0.4, -0.2) is 14.6 Å². The molecule has 2 heterocycles. The highest BCUT2D eigenvalue weighted by Crippen LogP contribution is 2.06. The van der Waals surface area contributed by atoms with Crippen LogP contribution >= 0.6 is 0 Å². The molecule has 0 aliphatic rings. The second kappa shape index (κ2) is 2.62. The van der Waals surface area contributed by atoms with Crippen LogP contribution in [0.1, 0.15) is 5.56 Å². The second-order valence-electron chi connectivity index (χ2n) is 2.39. The normalized spacial score (nSPS) is 9.92. The van der Waals surface area contributed by atoms with Crippen LogP contribution in [0.25, 0.3) is 5.65 Å². The predicted molar refractivity (Wildman–Crippen MR) is 42.3 cm³/mol. The van der Waals surface area contributed by atoms with Crippen molar-refractivity contribution in [1.82, 2.24) is 14.6 Å². The van der Waals surface area contributed by atoms with Crippen molar-refractivity contribution in [2.45, 2.75) is 6.42 Å². The van der Waals surface area contributed by atoms with Gasteiger partial charge in [-0.3, -0.25) is 0 Å². The molecule has 0 atom stereocenters. The average Bonchev–Trinajstić information content (AvgIpc) is 2.50. The standard InChI is InChI=1S/C8H6N4/c9-3-2-7-6-11-12-5-1-4-10-8(7)12/h1,4-6H,2H2. The summed E-state index contributed by atoms with van der Waals surface area (Å²) in [4.78, 5) is 4.11. The third-order valence-corrected chi connectivity index (χ3v) is 1.62. The first-order chi connectivity index (χ1) is 5.92. The van der Waals surface area contributed by atoms with Gasteiger partial charge >= 0.3 is 0 Å². The van der Waals surface area contributed by atoms with Gasteiger partial charge in [-0.1, -0.05) is 0 Å². The Bertz CT molecular complexity index is 437. The maximum atomic E-state index is 8.48. The monoisotopic (exact) mass is 158 g/mol. The van der Waals surface area contributed by atoms with E-state index in [1.54, 1.807) is 23.0 Å². The summed E-state index contributed by atoms with van der Waals surface area (Å²) in [6, 6.07) is 3.87. The Morgan fingerprint density at radius 3 is 3.33 bits per heavy atom. The first kappa shape index (κ1) is 6.80. The summed E-state index contributed by atoms with van der Waals surface area (Å²) < 4.78 is 1.66. The van der Waals surface area contributed by atoms with Crippen LogP contribution in [0.3, 0.4) is 0 Å². The Kier molecular flexibility index (Phi) is 1.49. The molecule has 0 aromatic carbocycles. The van der Waals surface area contributed by atoms with Crippen molar-refractivity contribution < 1.29 is 0 Å². The summed E-state index contributed by atoms with van der Waals surface area (Å²) in [6.07, 6.45) is 5.53. The molecule has 2 aromatic heterocycles. The molecule has 58 valence electrons. The van der Waals surface area contributed by atoms with E-state index in [1.165, 1.54) is 0 Å². The van der Waals surface area contributed by atoms with Crippen LogP contribution in [0, 0.1) is 11.3 Å². The average molecular weight is 158 g/mol. The smallest absolute Gasteiger partial charge is 0.159 e. The van der Waals surface area contributed by atoms with E-state index in [0.717, 1.165) is 11.2 Å². The van der Waals surface area contributed by atoms with Gasteiger partial charge in [-0.25, -0.2) is 9.50 Å². The number of hydrogen-bond donors (Lipinski definition) is 0. The van der Waals surface area contributed by atoms with Crippen LogP contribution in [0.2, 0.25) is 0 Å². The molecule has 0 bridgehead atoms. The molecule has 0 saturated heterocycles. The molecule has 2 rings (SSSR count). The van der Waals surface area contributed by atoms with E-state index in [-0.39, 0.29) is 0 Å². The molecule has 4 heteroatoms. The predicted octanol–water partition coefficient (Wildman–Crippen LogP) is 0.795. The van der Waals surface area contributed by atoms with Crippen LogP contribution in [0.15, 0.2) is 24.7 Å². The lowest BCUT2D eigenvalue weighted by Crippen LogP contribution is -1.88. The van der Waals surface area contributed by atoms with E-state index in [2.05, 4.69) is 16.2 Å².